The van der Waals surface area contributed by atoms with Crippen molar-refractivity contribution in [2.75, 3.05) is 19.1 Å². The molecule has 1 atom stereocenters. The molecule has 0 saturated heterocycles. The van der Waals surface area contributed by atoms with E-state index < -0.39 is 0 Å². The minimum atomic E-state index is -0.0226. The van der Waals surface area contributed by atoms with E-state index in [1.54, 1.807) is 7.11 Å². The van der Waals surface area contributed by atoms with E-state index in [4.69, 9.17) is 10.5 Å². The van der Waals surface area contributed by atoms with Gasteiger partial charge in [0.15, 0.2) is 0 Å². The lowest BCUT2D eigenvalue weighted by molar-refractivity contribution is 0.313. The molecular weight excluding hydrogens is 260 g/mol. The fourth-order valence-corrected chi connectivity index (χ4v) is 3.61. The highest BCUT2D eigenvalue weighted by Gasteiger charge is 2.25. The fourth-order valence-electron chi connectivity index (χ4n) is 3.61. The maximum atomic E-state index is 6.20. The number of benzene rings is 1. The third-order valence-electron chi connectivity index (χ3n) is 5.04. The van der Waals surface area contributed by atoms with Crippen LogP contribution in [0.1, 0.15) is 57.6 Å². The van der Waals surface area contributed by atoms with E-state index in [2.05, 4.69) is 31.0 Å². The highest BCUT2D eigenvalue weighted by molar-refractivity contribution is 5.61. The first-order valence-corrected chi connectivity index (χ1v) is 8.23. The van der Waals surface area contributed by atoms with E-state index in [-0.39, 0.29) is 6.04 Å². The second kappa shape index (κ2) is 7.17. The number of nitrogens with two attached hydrogens (primary N) is 1. The molecule has 1 aromatic rings. The summed E-state index contributed by atoms with van der Waals surface area (Å²) in [6.07, 6.45) is 6.59. The zero-order chi connectivity index (χ0) is 15.4. The fraction of sp³-hybridized carbons (Fsp3) is 0.667. The van der Waals surface area contributed by atoms with Crippen molar-refractivity contribution in [2.45, 2.75) is 58.0 Å². The SMILES string of the molecule is CCC1CCC(N(C)c2cccc(OC)c2[C@H](C)N)CC1. The average Bonchev–Trinajstić information content (AvgIpc) is 2.53. The number of rotatable bonds is 5. The Morgan fingerprint density at radius 1 is 1.29 bits per heavy atom. The molecule has 0 amide bonds. The molecule has 0 bridgehead atoms. The van der Waals surface area contributed by atoms with Gasteiger partial charge in [0.2, 0.25) is 0 Å². The van der Waals surface area contributed by atoms with Gasteiger partial charge in [-0.15, -0.1) is 0 Å². The molecule has 3 heteroatoms. The number of methoxy groups -OCH3 is 1. The summed E-state index contributed by atoms with van der Waals surface area (Å²) in [5.41, 5.74) is 8.55. The van der Waals surface area contributed by atoms with Gasteiger partial charge in [-0.25, -0.2) is 0 Å². The van der Waals surface area contributed by atoms with Gasteiger partial charge < -0.3 is 15.4 Å². The quantitative estimate of drug-likeness (QED) is 0.886. The molecule has 2 rings (SSSR count). The average molecular weight is 290 g/mol. The number of hydrogen-bond donors (Lipinski definition) is 1. The van der Waals surface area contributed by atoms with Crippen molar-refractivity contribution in [3.63, 3.8) is 0 Å². The lowest BCUT2D eigenvalue weighted by atomic mass is 9.83. The highest BCUT2D eigenvalue weighted by atomic mass is 16.5. The van der Waals surface area contributed by atoms with Crippen LogP contribution in [-0.2, 0) is 0 Å². The molecule has 0 unspecified atom stereocenters. The zero-order valence-electron chi connectivity index (χ0n) is 13.9. The minimum Gasteiger partial charge on any atom is -0.496 e. The largest absolute Gasteiger partial charge is 0.496 e. The van der Waals surface area contributed by atoms with Gasteiger partial charge in [0.25, 0.3) is 0 Å². The van der Waals surface area contributed by atoms with Crippen LogP contribution >= 0.6 is 0 Å². The summed E-state index contributed by atoms with van der Waals surface area (Å²) in [4.78, 5) is 2.42. The van der Waals surface area contributed by atoms with Crippen molar-refractivity contribution in [2.24, 2.45) is 11.7 Å². The number of anilines is 1. The molecule has 1 fully saturated rings. The van der Waals surface area contributed by atoms with Gasteiger partial charge in [0, 0.05) is 30.4 Å². The van der Waals surface area contributed by atoms with Crippen LogP contribution in [0, 0.1) is 5.92 Å². The smallest absolute Gasteiger partial charge is 0.125 e. The van der Waals surface area contributed by atoms with Gasteiger partial charge in [0.1, 0.15) is 5.75 Å². The predicted molar refractivity (Wildman–Crippen MR) is 90.0 cm³/mol. The van der Waals surface area contributed by atoms with Gasteiger partial charge >= 0.3 is 0 Å². The third-order valence-corrected chi connectivity index (χ3v) is 5.04. The maximum Gasteiger partial charge on any atom is 0.125 e. The monoisotopic (exact) mass is 290 g/mol. The molecule has 1 aliphatic rings. The highest BCUT2D eigenvalue weighted by Crippen LogP contribution is 2.37. The minimum absolute atomic E-state index is 0.0226. The Balaban J connectivity index is 2.21. The Morgan fingerprint density at radius 3 is 2.48 bits per heavy atom. The lowest BCUT2D eigenvalue weighted by Crippen LogP contribution is -2.36. The van der Waals surface area contributed by atoms with E-state index in [9.17, 15) is 0 Å². The van der Waals surface area contributed by atoms with E-state index in [1.807, 2.05) is 13.0 Å². The summed E-state index contributed by atoms with van der Waals surface area (Å²) in [6.45, 7) is 4.34. The second-order valence-corrected chi connectivity index (χ2v) is 6.38. The molecule has 1 aromatic carbocycles. The van der Waals surface area contributed by atoms with Crippen LogP contribution in [0.25, 0.3) is 0 Å². The molecule has 0 radical (unpaired) electrons. The number of ether oxygens (including phenoxy) is 1. The Morgan fingerprint density at radius 2 is 1.95 bits per heavy atom. The molecule has 3 nitrogen and oxygen atoms in total. The molecule has 0 heterocycles. The molecular formula is C18H30N2O. The van der Waals surface area contributed by atoms with Crippen molar-refractivity contribution >= 4 is 5.69 Å². The number of hydrogen-bond acceptors (Lipinski definition) is 3. The van der Waals surface area contributed by atoms with Gasteiger partial charge in [-0.3, -0.25) is 0 Å². The summed E-state index contributed by atoms with van der Waals surface area (Å²) in [5.74, 6) is 1.82. The standard InChI is InChI=1S/C18H30N2O/c1-5-14-9-11-15(12-10-14)20(3)16-7-6-8-17(21-4)18(16)13(2)19/h6-8,13-15H,5,9-12,19H2,1-4H3/t13-,14?,15?/m0/s1. The summed E-state index contributed by atoms with van der Waals surface area (Å²) < 4.78 is 5.51. The molecule has 1 aliphatic carbocycles. The van der Waals surface area contributed by atoms with Crippen LogP contribution < -0.4 is 15.4 Å². The van der Waals surface area contributed by atoms with Gasteiger partial charge in [-0.1, -0.05) is 19.4 Å². The topological polar surface area (TPSA) is 38.5 Å². The molecule has 0 spiro atoms. The summed E-state index contributed by atoms with van der Waals surface area (Å²) in [7, 11) is 3.93. The van der Waals surface area contributed by atoms with Crippen LogP contribution in [0.5, 0.6) is 5.75 Å². The Kier molecular flexibility index (Phi) is 5.51. The van der Waals surface area contributed by atoms with Crippen molar-refractivity contribution in [1.82, 2.24) is 0 Å². The summed E-state index contributed by atoms with van der Waals surface area (Å²) >= 11 is 0. The van der Waals surface area contributed by atoms with Gasteiger partial charge in [-0.2, -0.15) is 0 Å². The van der Waals surface area contributed by atoms with Crippen molar-refractivity contribution in [1.29, 1.82) is 0 Å². The van der Waals surface area contributed by atoms with E-state index in [0.717, 1.165) is 17.2 Å². The van der Waals surface area contributed by atoms with Crippen molar-refractivity contribution in [3.05, 3.63) is 23.8 Å². The Hall–Kier alpha value is -1.22. The lowest BCUT2D eigenvalue weighted by Gasteiger charge is -2.37. The molecule has 2 N–H and O–H groups in total. The van der Waals surface area contributed by atoms with Crippen LogP contribution in [0.4, 0.5) is 5.69 Å². The molecule has 0 aromatic heterocycles. The Bertz CT molecular complexity index is 451. The van der Waals surface area contributed by atoms with E-state index >= 15 is 0 Å². The molecule has 118 valence electrons. The third kappa shape index (κ3) is 3.52. The van der Waals surface area contributed by atoms with E-state index in [1.165, 1.54) is 37.8 Å². The first kappa shape index (κ1) is 16.2. The van der Waals surface area contributed by atoms with Gasteiger partial charge in [0.05, 0.1) is 7.11 Å². The van der Waals surface area contributed by atoms with Crippen LogP contribution in [0.15, 0.2) is 18.2 Å². The first-order chi connectivity index (χ1) is 10.1. The van der Waals surface area contributed by atoms with Crippen LogP contribution in [-0.4, -0.2) is 20.2 Å². The van der Waals surface area contributed by atoms with Crippen molar-refractivity contribution in [3.8, 4) is 5.75 Å². The van der Waals surface area contributed by atoms with Crippen LogP contribution in [0.2, 0.25) is 0 Å². The molecule has 0 aliphatic heterocycles. The first-order valence-electron chi connectivity index (χ1n) is 8.23. The zero-order valence-corrected chi connectivity index (χ0v) is 13.9. The van der Waals surface area contributed by atoms with E-state index in [0.29, 0.717) is 6.04 Å². The summed E-state index contributed by atoms with van der Waals surface area (Å²) in [6, 6.07) is 6.84. The second-order valence-electron chi connectivity index (χ2n) is 6.38. The summed E-state index contributed by atoms with van der Waals surface area (Å²) in [5, 5.41) is 0. The number of nitrogens with zero attached hydrogens (tertiary/aromatic N) is 1. The van der Waals surface area contributed by atoms with Crippen LogP contribution in [0.3, 0.4) is 0 Å². The normalized spacial score (nSPS) is 23.7. The Labute approximate surface area is 129 Å². The molecule has 21 heavy (non-hydrogen) atoms. The predicted octanol–water partition coefficient (Wildman–Crippen LogP) is 4.12. The maximum absolute atomic E-state index is 6.20. The van der Waals surface area contributed by atoms with Gasteiger partial charge in [-0.05, 0) is 50.7 Å². The molecule has 1 saturated carbocycles. The van der Waals surface area contributed by atoms with Crippen molar-refractivity contribution < 1.29 is 4.74 Å².